The van der Waals surface area contributed by atoms with Crippen LogP contribution in [0, 0.1) is 5.82 Å². The molecular formula is C12H16FN3OS. The molecule has 0 aliphatic rings. The minimum atomic E-state index is -0.385. The number of anilines is 1. The Labute approximate surface area is 111 Å². The molecule has 98 valence electrons. The van der Waals surface area contributed by atoms with E-state index >= 15 is 0 Å². The number of urea groups is 1. The number of nitrogens with one attached hydrogen (secondary N) is 2. The van der Waals surface area contributed by atoms with E-state index in [0.717, 1.165) is 12.8 Å². The number of nitrogens with two attached hydrogens (primary N) is 1. The number of hydrogen-bond acceptors (Lipinski definition) is 2. The molecule has 2 amide bonds. The largest absolute Gasteiger partial charge is 0.393 e. The summed E-state index contributed by atoms with van der Waals surface area (Å²) in [7, 11) is 0. The SMILES string of the molecule is NC(=S)CCCCNC(=O)Nc1cccc(F)c1. The predicted molar refractivity (Wildman–Crippen MR) is 74.1 cm³/mol. The first kappa shape index (κ1) is 14.4. The topological polar surface area (TPSA) is 67.1 Å². The van der Waals surface area contributed by atoms with Crippen molar-refractivity contribution in [3.63, 3.8) is 0 Å². The van der Waals surface area contributed by atoms with E-state index in [1.165, 1.54) is 18.2 Å². The second-order valence-electron chi connectivity index (χ2n) is 3.81. The van der Waals surface area contributed by atoms with Crippen molar-refractivity contribution < 1.29 is 9.18 Å². The molecule has 0 unspecified atom stereocenters. The summed E-state index contributed by atoms with van der Waals surface area (Å²) in [5, 5.41) is 5.21. The van der Waals surface area contributed by atoms with Gasteiger partial charge in [0, 0.05) is 12.2 Å². The number of halogens is 1. The molecule has 0 heterocycles. The fourth-order valence-corrected chi connectivity index (χ4v) is 1.51. The van der Waals surface area contributed by atoms with Gasteiger partial charge in [-0.05, 0) is 37.5 Å². The average molecular weight is 269 g/mol. The van der Waals surface area contributed by atoms with E-state index in [1.54, 1.807) is 6.07 Å². The van der Waals surface area contributed by atoms with Crippen LogP contribution in [0.25, 0.3) is 0 Å². The van der Waals surface area contributed by atoms with Crippen LogP contribution in [-0.2, 0) is 0 Å². The van der Waals surface area contributed by atoms with E-state index in [0.29, 0.717) is 23.6 Å². The molecule has 0 saturated carbocycles. The summed E-state index contributed by atoms with van der Waals surface area (Å²) in [6.07, 6.45) is 2.33. The minimum Gasteiger partial charge on any atom is -0.393 e. The molecule has 0 spiro atoms. The summed E-state index contributed by atoms with van der Waals surface area (Å²) < 4.78 is 12.8. The van der Waals surface area contributed by atoms with Crippen molar-refractivity contribution >= 4 is 28.9 Å². The Morgan fingerprint density at radius 1 is 1.39 bits per heavy atom. The molecule has 0 bridgehead atoms. The third-order valence-electron chi connectivity index (χ3n) is 2.22. The molecular weight excluding hydrogens is 253 g/mol. The van der Waals surface area contributed by atoms with Crippen LogP contribution in [0.5, 0.6) is 0 Å². The Bertz CT molecular complexity index is 426. The van der Waals surface area contributed by atoms with Gasteiger partial charge in [0.2, 0.25) is 0 Å². The molecule has 1 rings (SSSR count). The van der Waals surface area contributed by atoms with Crippen LogP contribution in [0.3, 0.4) is 0 Å². The molecule has 6 heteroatoms. The molecule has 4 N–H and O–H groups in total. The third-order valence-corrected chi connectivity index (χ3v) is 2.42. The zero-order valence-electron chi connectivity index (χ0n) is 9.91. The van der Waals surface area contributed by atoms with Crippen LogP contribution >= 0.6 is 12.2 Å². The van der Waals surface area contributed by atoms with Crippen molar-refractivity contribution in [3.05, 3.63) is 30.1 Å². The van der Waals surface area contributed by atoms with Crippen LogP contribution in [0.15, 0.2) is 24.3 Å². The quantitative estimate of drug-likeness (QED) is 0.549. The molecule has 0 aromatic heterocycles. The molecule has 0 radical (unpaired) electrons. The van der Waals surface area contributed by atoms with Crippen molar-refractivity contribution in [3.8, 4) is 0 Å². The molecule has 0 saturated heterocycles. The van der Waals surface area contributed by atoms with Crippen LogP contribution in [-0.4, -0.2) is 17.6 Å². The second kappa shape index (κ2) is 7.60. The zero-order valence-corrected chi connectivity index (χ0v) is 10.7. The fraction of sp³-hybridized carbons (Fsp3) is 0.333. The first-order valence-corrected chi connectivity index (χ1v) is 6.07. The lowest BCUT2D eigenvalue weighted by molar-refractivity contribution is 0.252. The van der Waals surface area contributed by atoms with E-state index in [1.807, 2.05) is 0 Å². The van der Waals surface area contributed by atoms with Crippen LogP contribution < -0.4 is 16.4 Å². The van der Waals surface area contributed by atoms with Gasteiger partial charge in [0.1, 0.15) is 5.82 Å². The van der Waals surface area contributed by atoms with E-state index in [9.17, 15) is 9.18 Å². The Kier molecular flexibility index (Phi) is 6.07. The van der Waals surface area contributed by atoms with Crippen molar-refractivity contribution in [2.75, 3.05) is 11.9 Å². The molecule has 0 fully saturated rings. The molecule has 0 aliphatic carbocycles. The minimum absolute atomic E-state index is 0.351. The zero-order chi connectivity index (χ0) is 13.4. The van der Waals surface area contributed by atoms with Crippen molar-refractivity contribution in [2.45, 2.75) is 19.3 Å². The maximum atomic E-state index is 12.8. The van der Waals surface area contributed by atoms with E-state index in [-0.39, 0.29) is 11.8 Å². The van der Waals surface area contributed by atoms with Crippen LogP contribution in [0.1, 0.15) is 19.3 Å². The van der Waals surface area contributed by atoms with Gasteiger partial charge in [-0.25, -0.2) is 9.18 Å². The number of thiocarbonyl (C=S) groups is 1. The molecule has 4 nitrogen and oxygen atoms in total. The van der Waals surface area contributed by atoms with Gasteiger partial charge in [-0.2, -0.15) is 0 Å². The van der Waals surface area contributed by atoms with Gasteiger partial charge >= 0.3 is 6.03 Å². The van der Waals surface area contributed by atoms with E-state index in [2.05, 4.69) is 10.6 Å². The maximum absolute atomic E-state index is 12.8. The normalized spacial score (nSPS) is 9.83. The van der Waals surface area contributed by atoms with Gasteiger partial charge in [0.05, 0.1) is 4.99 Å². The summed E-state index contributed by atoms with van der Waals surface area (Å²) in [6, 6.07) is 5.38. The highest BCUT2D eigenvalue weighted by molar-refractivity contribution is 7.80. The van der Waals surface area contributed by atoms with Gasteiger partial charge in [-0.3, -0.25) is 0 Å². The van der Waals surface area contributed by atoms with Crippen molar-refractivity contribution in [1.29, 1.82) is 0 Å². The Morgan fingerprint density at radius 2 is 2.17 bits per heavy atom. The number of rotatable bonds is 6. The lowest BCUT2D eigenvalue weighted by Crippen LogP contribution is -2.29. The number of hydrogen-bond donors (Lipinski definition) is 3. The monoisotopic (exact) mass is 269 g/mol. The highest BCUT2D eigenvalue weighted by Gasteiger charge is 2.01. The number of amides is 2. The van der Waals surface area contributed by atoms with Crippen LogP contribution in [0.4, 0.5) is 14.9 Å². The third kappa shape index (κ3) is 6.15. The van der Waals surface area contributed by atoms with Crippen molar-refractivity contribution in [1.82, 2.24) is 5.32 Å². The first-order chi connectivity index (χ1) is 8.58. The standard InChI is InChI=1S/C12H16FN3OS/c13-9-4-3-5-10(8-9)16-12(17)15-7-2-1-6-11(14)18/h3-5,8H,1-2,6-7H2,(H2,14,18)(H2,15,16,17). The smallest absolute Gasteiger partial charge is 0.319 e. The molecule has 0 aliphatic heterocycles. The number of carbonyl (C=O) groups excluding carboxylic acids is 1. The Balaban J connectivity index is 2.20. The van der Waals surface area contributed by atoms with Gasteiger partial charge in [-0.1, -0.05) is 18.3 Å². The summed E-state index contributed by atoms with van der Waals surface area (Å²) in [6.45, 7) is 0.532. The summed E-state index contributed by atoms with van der Waals surface area (Å²) in [5.41, 5.74) is 5.77. The highest BCUT2D eigenvalue weighted by Crippen LogP contribution is 2.08. The van der Waals surface area contributed by atoms with E-state index in [4.69, 9.17) is 18.0 Å². The molecule has 18 heavy (non-hydrogen) atoms. The number of carbonyl (C=O) groups is 1. The number of benzene rings is 1. The maximum Gasteiger partial charge on any atom is 0.319 e. The van der Waals surface area contributed by atoms with Gasteiger partial charge in [-0.15, -0.1) is 0 Å². The summed E-state index contributed by atoms with van der Waals surface area (Å²) in [4.78, 5) is 11.9. The van der Waals surface area contributed by atoms with Gasteiger partial charge in [0.25, 0.3) is 0 Å². The highest BCUT2D eigenvalue weighted by atomic mass is 32.1. The lowest BCUT2D eigenvalue weighted by atomic mass is 10.2. The van der Waals surface area contributed by atoms with Crippen LogP contribution in [0.2, 0.25) is 0 Å². The second-order valence-corrected chi connectivity index (χ2v) is 4.34. The average Bonchev–Trinajstić information content (AvgIpc) is 2.28. The summed E-state index contributed by atoms with van der Waals surface area (Å²) in [5.74, 6) is -0.385. The summed E-state index contributed by atoms with van der Waals surface area (Å²) >= 11 is 4.74. The Hall–Kier alpha value is -1.69. The lowest BCUT2D eigenvalue weighted by Gasteiger charge is -2.07. The van der Waals surface area contributed by atoms with Crippen molar-refractivity contribution in [2.24, 2.45) is 5.73 Å². The molecule has 0 atom stereocenters. The fourth-order valence-electron chi connectivity index (χ4n) is 1.37. The Morgan fingerprint density at radius 3 is 2.83 bits per heavy atom. The first-order valence-electron chi connectivity index (χ1n) is 5.66. The van der Waals surface area contributed by atoms with E-state index < -0.39 is 0 Å². The molecule has 1 aromatic rings. The predicted octanol–water partition coefficient (Wildman–Crippen LogP) is 2.40. The van der Waals surface area contributed by atoms with Gasteiger partial charge < -0.3 is 16.4 Å². The van der Waals surface area contributed by atoms with Gasteiger partial charge in [0.15, 0.2) is 0 Å². The molecule has 1 aromatic carbocycles. The number of unbranched alkanes of at least 4 members (excludes halogenated alkanes) is 1.